The molecule has 0 N–H and O–H groups in total. The van der Waals surface area contributed by atoms with Crippen LogP contribution in [0.1, 0.15) is 47.4 Å². The van der Waals surface area contributed by atoms with Gasteiger partial charge in [-0.3, -0.25) is 14.4 Å². The van der Waals surface area contributed by atoms with Crippen molar-refractivity contribution < 1.29 is 14.3 Å². The third-order valence-electron chi connectivity index (χ3n) is 5.90. The van der Waals surface area contributed by atoms with Gasteiger partial charge in [-0.2, -0.15) is 0 Å². The highest BCUT2D eigenvalue weighted by molar-refractivity contribution is 6.00. The fourth-order valence-corrected chi connectivity index (χ4v) is 4.37. The highest BCUT2D eigenvalue weighted by atomic mass is 16.5. The number of hydrogen-bond donors (Lipinski definition) is 0. The molecule has 1 aromatic heterocycles. The van der Waals surface area contributed by atoms with E-state index in [4.69, 9.17) is 4.74 Å². The van der Waals surface area contributed by atoms with Crippen molar-refractivity contribution >= 4 is 22.6 Å². The molecule has 166 valence electrons. The Kier molecular flexibility index (Phi) is 6.12. The summed E-state index contributed by atoms with van der Waals surface area (Å²) in [5.74, 6) is 0.0504. The quantitative estimate of drug-likeness (QED) is 0.570. The molecule has 1 aliphatic rings. The Morgan fingerprint density at radius 2 is 1.88 bits per heavy atom. The molecule has 6 nitrogen and oxygen atoms in total. The molecule has 4 rings (SSSR count). The number of aromatic nitrogens is 1. The normalized spacial score (nSPS) is 16.4. The Labute approximate surface area is 187 Å². The van der Waals surface area contributed by atoms with Crippen molar-refractivity contribution in [1.82, 2.24) is 9.47 Å². The van der Waals surface area contributed by atoms with E-state index in [0.717, 1.165) is 11.9 Å². The fraction of sp³-hybridized carbons (Fsp3) is 0.346. The molecule has 32 heavy (non-hydrogen) atoms. The van der Waals surface area contributed by atoms with Crippen LogP contribution in [0.3, 0.4) is 0 Å². The molecule has 0 aliphatic carbocycles. The van der Waals surface area contributed by atoms with E-state index in [0.29, 0.717) is 36.2 Å². The smallest absolute Gasteiger partial charge is 0.259 e. The van der Waals surface area contributed by atoms with E-state index in [1.54, 1.807) is 39.9 Å². The zero-order valence-electron chi connectivity index (χ0n) is 18.7. The molecule has 3 aromatic rings. The lowest BCUT2D eigenvalue weighted by Gasteiger charge is -2.32. The Morgan fingerprint density at radius 1 is 1.09 bits per heavy atom. The lowest BCUT2D eigenvalue weighted by atomic mass is 9.89. The number of carbonyl (C=O) groups excluding carboxylic acids is 2. The van der Waals surface area contributed by atoms with Crippen molar-refractivity contribution in [3.05, 3.63) is 76.1 Å². The predicted octanol–water partition coefficient (Wildman–Crippen LogP) is 4.06. The number of ketones is 1. The first kappa shape index (κ1) is 21.8. The Balaban J connectivity index is 1.56. The number of hydrogen-bond acceptors (Lipinski definition) is 4. The van der Waals surface area contributed by atoms with Gasteiger partial charge in [-0.25, -0.2) is 0 Å². The monoisotopic (exact) mass is 432 g/mol. The Hall–Kier alpha value is -3.41. The Bertz CT molecular complexity index is 1230. The maximum atomic E-state index is 13.3. The van der Waals surface area contributed by atoms with Gasteiger partial charge in [-0.1, -0.05) is 24.3 Å². The largest absolute Gasteiger partial charge is 0.491 e. The number of aryl methyl sites for hydroxylation is 1. The van der Waals surface area contributed by atoms with Crippen LogP contribution in [0, 0.1) is 5.92 Å². The van der Waals surface area contributed by atoms with Crippen LogP contribution in [0.25, 0.3) is 10.9 Å². The molecule has 0 radical (unpaired) electrons. The predicted molar refractivity (Wildman–Crippen MR) is 124 cm³/mol. The number of likely N-dealkylation sites (tertiary alicyclic amines) is 1. The number of carbonyl (C=O) groups is 2. The minimum absolute atomic E-state index is 0.00289. The summed E-state index contributed by atoms with van der Waals surface area (Å²) in [5.41, 5.74) is 1.25. The zero-order valence-corrected chi connectivity index (χ0v) is 18.7. The van der Waals surface area contributed by atoms with Gasteiger partial charge >= 0.3 is 0 Å². The average Bonchev–Trinajstić information content (AvgIpc) is 2.80. The van der Waals surface area contributed by atoms with Gasteiger partial charge in [-0.15, -0.1) is 0 Å². The summed E-state index contributed by atoms with van der Waals surface area (Å²) in [7, 11) is 1.83. The lowest BCUT2D eigenvalue weighted by Crippen LogP contribution is -2.43. The lowest BCUT2D eigenvalue weighted by molar-refractivity contribution is 0.0635. The number of amides is 1. The van der Waals surface area contributed by atoms with Crippen LogP contribution in [-0.4, -0.2) is 40.4 Å². The number of piperidine rings is 1. The second-order valence-electron chi connectivity index (χ2n) is 8.65. The molecule has 0 bridgehead atoms. The van der Waals surface area contributed by atoms with Crippen molar-refractivity contribution in [2.45, 2.75) is 32.8 Å². The van der Waals surface area contributed by atoms with E-state index in [1.165, 1.54) is 0 Å². The highest BCUT2D eigenvalue weighted by Gasteiger charge is 2.31. The molecule has 1 unspecified atom stereocenters. The number of ether oxygens (including phenoxy) is 1. The molecule has 1 atom stereocenters. The molecular weight excluding hydrogens is 404 g/mol. The average molecular weight is 433 g/mol. The van der Waals surface area contributed by atoms with E-state index < -0.39 is 0 Å². The highest BCUT2D eigenvalue weighted by Crippen LogP contribution is 2.24. The number of benzene rings is 2. The Morgan fingerprint density at radius 3 is 2.66 bits per heavy atom. The summed E-state index contributed by atoms with van der Waals surface area (Å²) in [4.78, 5) is 41.1. The minimum Gasteiger partial charge on any atom is -0.491 e. The van der Waals surface area contributed by atoms with Crippen LogP contribution in [-0.2, 0) is 7.05 Å². The molecule has 6 heteroatoms. The van der Waals surface area contributed by atoms with E-state index >= 15 is 0 Å². The standard InChI is InChI=1S/C26H28N2O4/c1-17(2)32-20-10-6-8-18(14-20)24(29)19-9-7-13-28(15-19)26(31)22-16-27(3)23-12-5-4-11-21(23)25(22)30/h4-6,8,10-12,14,16-17,19H,7,9,13,15H2,1-3H3. The SMILES string of the molecule is CC(C)Oc1cccc(C(=O)C2CCCN(C(=O)c3cn(C)c4ccccc4c3=O)C2)c1. The summed E-state index contributed by atoms with van der Waals surface area (Å²) in [6.45, 7) is 4.73. The van der Waals surface area contributed by atoms with Crippen molar-refractivity contribution in [2.75, 3.05) is 13.1 Å². The van der Waals surface area contributed by atoms with Crippen LogP contribution >= 0.6 is 0 Å². The maximum Gasteiger partial charge on any atom is 0.259 e. The zero-order chi connectivity index (χ0) is 22.8. The molecule has 1 amide bonds. The van der Waals surface area contributed by atoms with Gasteiger partial charge in [0.1, 0.15) is 11.3 Å². The van der Waals surface area contributed by atoms with E-state index in [9.17, 15) is 14.4 Å². The summed E-state index contributed by atoms with van der Waals surface area (Å²) in [5, 5.41) is 0.521. The van der Waals surface area contributed by atoms with Gasteiger partial charge in [-0.05, 0) is 51.0 Å². The first-order valence-corrected chi connectivity index (χ1v) is 11.0. The molecule has 0 spiro atoms. The second-order valence-corrected chi connectivity index (χ2v) is 8.65. The van der Waals surface area contributed by atoms with E-state index in [2.05, 4.69) is 0 Å². The first-order valence-electron chi connectivity index (χ1n) is 11.0. The third-order valence-corrected chi connectivity index (χ3v) is 5.90. The molecule has 0 saturated carbocycles. The van der Waals surface area contributed by atoms with Gasteiger partial charge in [0.05, 0.1) is 11.6 Å². The number of fused-ring (bicyclic) bond motifs is 1. The van der Waals surface area contributed by atoms with Crippen LogP contribution in [0.15, 0.2) is 59.5 Å². The minimum atomic E-state index is -0.314. The fourth-order valence-electron chi connectivity index (χ4n) is 4.37. The number of Topliss-reactive ketones (excluding diaryl/α,β-unsaturated/α-hetero) is 1. The number of para-hydroxylation sites is 1. The number of pyridine rings is 1. The molecule has 1 saturated heterocycles. The van der Waals surface area contributed by atoms with Gasteiger partial charge in [0.15, 0.2) is 5.78 Å². The maximum absolute atomic E-state index is 13.3. The van der Waals surface area contributed by atoms with Crippen molar-refractivity contribution in [3.63, 3.8) is 0 Å². The topological polar surface area (TPSA) is 68.6 Å². The summed E-state index contributed by atoms with van der Waals surface area (Å²) in [6.07, 6.45) is 3.06. The van der Waals surface area contributed by atoms with Crippen LogP contribution < -0.4 is 10.2 Å². The molecule has 2 heterocycles. The molecule has 1 aliphatic heterocycles. The molecule has 2 aromatic carbocycles. The number of nitrogens with zero attached hydrogens (tertiary/aromatic N) is 2. The van der Waals surface area contributed by atoms with Crippen molar-refractivity contribution in [2.24, 2.45) is 13.0 Å². The van der Waals surface area contributed by atoms with Crippen molar-refractivity contribution in [1.29, 1.82) is 0 Å². The van der Waals surface area contributed by atoms with Crippen LogP contribution in [0.2, 0.25) is 0 Å². The summed E-state index contributed by atoms with van der Waals surface area (Å²) in [6, 6.07) is 14.5. The summed E-state index contributed by atoms with van der Waals surface area (Å²) >= 11 is 0. The van der Waals surface area contributed by atoms with E-state index in [-0.39, 0.29) is 34.7 Å². The van der Waals surface area contributed by atoms with Gasteiger partial charge in [0.25, 0.3) is 5.91 Å². The molecule has 1 fully saturated rings. The van der Waals surface area contributed by atoms with Gasteiger partial charge in [0, 0.05) is 43.2 Å². The summed E-state index contributed by atoms with van der Waals surface area (Å²) < 4.78 is 7.52. The van der Waals surface area contributed by atoms with Gasteiger partial charge < -0.3 is 14.2 Å². The second kappa shape index (κ2) is 8.99. The third kappa shape index (κ3) is 4.31. The first-order chi connectivity index (χ1) is 15.3. The number of rotatable bonds is 5. The van der Waals surface area contributed by atoms with E-state index in [1.807, 2.05) is 45.2 Å². The van der Waals surface area contributed by atoms with Crippen molar-refractivity contribution in [3.8, 4) is 5.75 Å². The molecular formula is C26H28N2O4. The van der Waals surface area contributed by atoms with Crippen LogP contribution in [0.5, 0.6) is 5.75 Å². The van der Waals surface area contributed by atoms with Gasteiger partial charge in [0.2, 0.25) is 5.43 Å². The van der Waals surface area contributed by atoms with Crippen LogP contribution in [0.4, 0.5) is 0 Å².